The molecular weight excluding hydrogens is 350 g/mol. The van der Waals surface area contributed by atoms with Crippen LogP contribution in [0.25, 0.3) is 10.2 Å². The van der Waals surface area contributed by atoms with Crippen LogP contribution in [0.2, 0.25) is 0 Å². The highest BCUT2D eigenvalue weighted by Gasteiger charge is 2.59. The molecule has 0 N–H and O–H groups in total. The number of hydrogen-bond donors (Lipinski definition) is 0. The van der Waals surface area contributed by atoms with Gasteiger partial charge in [0.15, 0.2) is 4.80 Å². The minimum Gasteiger partial charge on any atom is -0.319 e. The lowest BCUT2D eigenvalue weighted by atomic mass is 9.85. The number of benzene rings is 1. The number of aryl methyl sites for hydroxylation is 1. The van der Waals surface area contributed by atoms with Crippen LogP contribution in [0.1, 0.15) is 6.42 Å². The van der Waals surface area contributed by atoms with Crippen LogP contribution in [0.3, 0.4) is 0 Å². The van der Waals surface area contributed by atoms with E-state index < -0.39 is 5.91 Å². The summed E-state index contributed by atoms with van der Waals surface area (Å²) in [5, 5.41) is 0. The van der Waals surface area contributed by atoms with Crippen molar-refractivity contribution >= 4 is 39.3 Å². The molecule has 2 aromatic rings. The zero-order valence-electron chi connectivity index (χ0n) is 14.2. The number of rotatable bonds is 2. The third kappa shape index (κ3) is 2.10. The van der Waals surface area contributed by atoms with Gasteiger partial charge in [-0.15, -0.1) is 0 Å². The Balaban J connectivity index is 1.41. The molecule has 5 rings (SSSR count). The van der Waals surface area contributed by atoms with E-state index >= 15 is 0 Å². The van der Waals surface area contributed by atoms with Crippen LogP contribution < -0.4 is 4.80 Å². The first-order chi connectivity index (χ1) is 12.5. The molecule has 3 amide bonds. The molecule has 1 saturated carbocycles. The predicted molar refractivity (Wildman–Crippen MR) is 95.8 cm³/mol. The van der Waals surface area contributed by atoms with Gasteiger partial charge in [-0.05, 0) is 30.4 Å². The van der Waals surface area contributed by atoms with Crippen molar-refractivity contribution in [2.24, 2.45) is 35.7 Å². The number of para-hydroxylation sites is 1. The van der Waals surface area contributed by atoms with Crippen molar-refractivity contribution in [1.29, 1.82) is 0 Å². The van der Waals surface area contributed by atoms with E-state index in [1.807, 2.05) is 48.0 Å². The van der Waals surface area contributed by atoms with Gasteiger partial charge in [-0.2, -0.15) is 4.99 Å². The molecule has 1 saturated heterocycles. The van der Waals surface area contributed by atoms with Gasteiger partial charge < -0.3 is 4.57 Å². The largest absolute Gasteiger partial charge is 0.319 e. The fourth-order valence-corrected chi connectivity index (χ4v) is 5.62. The van der Waals surface area contributed by atoms with E-state index in [9.17, 15) is 14.4 Å². The topological polar surface area (TPSA) is 71.7 Å². The van der Waals surface area contributed by atoms with Crippen molar-refractivity contribution < 1.29 is 14.4 Å². The van der Waals surface area contributed by atoms with Crippen LogP contribution in [0.5, 0.6) is 0 Å². The number of allylic oxidation sites excluding steroid dienone is 2. The van der Waals surface area contributed by atoms with Crippen LogP contribution in [-0.4, -0.2) is 33.7 Å². The van der Waals surface area contributed by atoms with Crippen molar-refractivity contribution in [3.8, 4) is 0 Å². The first-order valence-corrected chi connectivity index (χ1v) is 9.52. The molecular formula is C19H17N3O3S. The minimum atomic E-state index is -0.464. The van der Waals surface area contributed by atoms with Gasteiger partial charge in [-0.25, -0.2) is 0 Å². The monoisotopic (exact) mass is 367 g/mol. The van der Waals surface area contributed by atoms with E-state index in [2.05, 4.69) is 4.99 Å². The molecule has 2 fully saturated rings. The summed E-state index contributed by atoms with van der Waals surface area (Å²) in [5.41, 5.74) is 0.995. The van der Waals surface area contributed by atoms with Crippen LogP contribution in [0.15, 0.2) is 41.4 Å². The molecule has 1 aromatic heterocycles. The number of amides is 3. The van der Waals surface area contributed by atoms with E-state index in [0.717, 1.165) is 21.5 Å². The third-order valence-electron chi connectivity index (χ3n) is 5.79. The van der Waals surface area contributed by atoms with Crippen molar-refractivity contribution in [3.05, 3.63) is 41.2 Å². The summed E-state index contributed by atoms with van der Waals surface area (Å²) >= 11 is 1.42. The number of hydrogen-bond acceptors (Lipinski definition) is 4. The maximum atomic E-state index is 12.7. The van der Waals surface area contributed by atoms with Gasteiger partial charge in [0.2, 0.25) is 11.8 Å². The number of nitrogens with zero attached hydrogens (tertiary/aromatic N) is 3. The van der Waals surface area contributed by atoms with Gasteiger partial charge in [0.1, 0.15) is 6.54 Å². The molecule has 7 heteroatoms. The molecule has 0 radical (unpaired) electrons. The van der Waals surface area contributed by atoms with E-state index in [1.54, 1.807) is 0 Å². The van der Waals surface area contributed by atoms with E-state index in [-0.39, 0.29) is 42.0 Å². The number of thiazole rings is 1. The summed E-state index contributed by atoms with van der Waals surface area (Å²) in [6, 6.07) is 7.81. The standard InChI is InChI=1S/C19H17N3O3S/c1-21-12-4-2-3-5-13(12)26-19(21)20-14(23)9-22-17(24)15-10-6-7-11(8-10)16(15)18(22)25/h2-7,10-11,15-16H,8-9H2,1H3. The first-order valence-electron chi connectivity index (χ1n) is 8.70. The summed E-state index contributed by atoms with van der Waals surface area (Å²) in [6.45, 7) is -0.266. The van der Waals surface area contributed by atoms with Gasteiger partial charge in [-0.1, -0.05) is 35.6 Å². The van der Waals surface area contributed by atoms with Crippen molar-refractivity contribution in [1.82, 2.24) is 9.47 Å². The number of likely N-dealkylation sites (tertiary alicyclic amines) is 1. The van der Waals surface area contributed by atoms with Crippen molar-refractivity contribution in [3.63, 3.8) is 0 Å². The van der Waals surface area contributed by atoms with E-state index in [1.165, 1.54) is 11.3 Å². The molecule has 0 spiro atoms. The molecule has 2 heterocycles. The number of fused-ring (bicyclic) bond motifs is 6. The lowest BCUT2D eigenvalue weighted by Crippen LogP contribution is -2.37. The second-order valence-corrected chi connectivity index (χ2v) is 8.19. The number of carbonyl (C=O) groups excluding carboxylic acids is 3. The highest BCUT2D eigenvalue weighted by atomic mass is 32.1. The Labute approximate surface area is 153 Å². The molecule has 6 nitrogen and oxygen atoms in total. The van der Waals surface area contributed by atoms with Crippen LogP contribution in [-0.2, 0) is 21.4 Å². The van der Waals surface area contributed by atoms with Crippen LogP contribution in [0.4, 0.5) is 0 Å². The molecule has 1 aromatic carbocycles. The average molecular weight is 367 g/mol. The first kappa shape index (κ1) is 15.7. The molecule has 2 aliphatic carbocycles. The summed E-state index contributed by atoms with van der Waals surface area (Å²) in [7, 11) is 1.85. The number of carbonyl (C=O) groups is 3. The van der Waals surface area contributed by atoms with Crippen molar-refractivity contribution in [2.45, 2.75) is 6.42 Å². The molecule has 2 bridgehead atoms. The Morgan fingerprint density at radius 2 is 1.81 bits per heavy atom. The summed E-state index contributed by atoms with van der Waals surface area (Å²) in [5.74, 6) is -1.12. The Kier molecular flexibility index (Phi) is 3.31. The fraction of sp³-hybridized carbons (Fsp3) is 0.368. The maximum absolute atomic E-state index is 12.7. The third-order valence-corrected chi connectivity index (χ3v) is 6.90. The summed E-state index contributed by atoms with van der Waals surface area (Å²) in [6.07, 6.45) is 4.98. The highest BCUT2D eigenvalue weighted by molar-refractivity contribution is 7.16. The molecule has 4 atom stereocenters. The zero-order valence-corrected chi connectivity index (χ0v) is 15.0. The van der Waals surface area contributed by atoms with Gasteiger partial charge in [-0.3, -0.25) is 19.3 Å². The minimum absolute atomic E-state index is 0.152. The quantitative estimate of drug-likeness (QED) is 0.596. The second-order valence-electron chi connectivity index (χ2n) is 7.18. The normalized spacial score (nSPS) is 30.0. The van der Waals surface area contributed by atoms with Crippen LogP contribution >= 0.6 is 11.3 Å². The van der Waals surface area contributed by atoms with E-state index in [4.69, 9.17) is 0 Å². The highest BCUT2D eigenvalue weighted by Crippen LogP contribution is 2.52. The van der Waals surface area contributed by atoms with Gasteiger partial charge in [0.25, 0.3) is 5.91 Å². The van der Waals surface area contributed by atoms with Gasteiger partial charge >= 0.3 is 0 Å². The Bertz CT molecular complexity index is 1030. The average Bonchev–Trinajstić information content (AvgIpc) is 3.36. The molecule has 26 heavy (non-hydrogen) atoms. The Morgan fingerprint density at radius 1 is 1.15 bits per heavy atom. The number of aromatic nitrogens is 1. The summed E-state index contributed by atoms with van der Waals surface area (Å²) < 4.78 is 2.89. The summed E-state index contributed by atoms with van der Waals surface area (Å²) in [4.78, 5) is 43.6. The fourth-order valence-electron chi connectivity index (χ4n) is 4.59. The lowest BCUT2D eigenvalue weighted by Gasteiger charge is -2.14. The van der Waals surface area contributed by atoms with Crippen LogP contribution in [0, 0.1) is 23.7 Å². The maximum Gasteiger partial charge on any atom is 0.268 e. The SMILES string of the molecule is Cn1c(=NC(=O)CN2C(=O)C3C4C=CC(C4)C3C2=O)sc2ccccc21. The molecule has 3 aliphatic rings. The smallest absolute Gasteiger partial charge is 0.268 e. The van der Waals surface area contributed by atoms with Gasteiger partial charge in [0, 0.05) is 7.05 Å². The zero-order chi connectivity index (χ0) is 18.0. The number of imide groups is 1. The molecule has 1 aliphatic heterocycles. The molecule has 132 valence electrons. The van der Waals surface area contributed by atoms with Gasteiger partial charge in [0.05, 0.1) is 22.1 Å². The van der Waals surface area contributed by atoms with Crippen molar-refractivity contribution in [2.75, 3.05) is 6.54 Å². The second kappa shape index (κ2) is 5.48. The Hall–Kier alpha value is -2.54. The Morgan fingerprint density at radius 3 is 2.46 bits per heavy atom. The van der Waals surface area contributed by atoms with E-state index in [0.29, 0.717) is 4.80 Å². The molecule has 4 unspecified atom stereocenters. The lowest BCUT2D eigenvalue weighted by molar-refractivity contribution is -0.143. The predicted octanol–water partition coefficient (Wildman–Crippen LogP) is 1.47.